The molecule has 0 bridgehead atoms. The van der Waals surface area contributed by atoms with Crippen molar-refractivity contribution >= 4 is 24.9 Å². The first-order valence-corrected chi connectivity index (χ1v) is 18.0. The number of hydrogen-bond acceptors (Lipinski definition) is 3. The van der Waals surface area contributed by atoms with Crippen LogP contribution < -0.4 is 0 Å². The van der Waals surface area contributed by atoms with Crippen LogP contribution >= 0.6 is 0 Å². The fraction of sp³-hybridized carbons (Fsp3) is 1.00. The summed E-state index contributed by atoms with van der Waals surface area (Å²) in [6.45, 7) is 19.1. The van der Waals surface area contributed by atoms with E-state index in [1.54, 1.807) is 0 Å². The van der Waals surface area contributed by atoms with Gasteiger partial charge >= 0.3 is 0 Å². The third-order valence-electron chi connectivity index (χ3n) is 4.47. The first-order chi connectivity index (χ1) is 9.43. The Kier molecular flexibility index (Phi) is 9.21. The van der Waals surface area contributed by atoms with E-state index < -0.39 is 24.9 Å². The molecule has 0 heterocycles. The van der Waals surface area contributed by atoms with Gasteiger partial charge in [-0.25, -0.2) is 0 Å². The maximum atomic E-state index is 5.67. The molecule has 0 aliphatic heterocycles. The maximum absolute atomic E-state index is 5.67. The minimum atomic E-state index is -1.39. The molecule has 6 heteroatoms. The van der Waals surface area contributed by atoms with Gasteiger partial charge in [0.25, 0.3) is 0 Å². The Morgan fingerprint density at radius 1 is 0.667 bits per heavy atom. The molecule has 0 atom stereocenters. The highest BCUT2D eigenvalue weighted by atomic mass is 28.4. The van der Waals surface area contributed by atoms with Gasteiger partial charge in [0.1, 0.15) is 8.24 Å². The first kappa shape index (κ1) is 21.5. The molecule has 0 fully saturated rings. The third kappa shape index (κ3) is 10.0. The smallest absolute Gasteiger partial charge is 0.186 e. The standard InChI is InChI=1S/C15H39NO2Si3/c1-17-20(6,7)14-10-12-16(19(3,4)5)13-11-15-21(8,9)18-2/h10-15H2,1-9H3. The number of hydrogen-bond donors (Lipinski definition) is 0. The molecule has 0 aromatic rings. The van der Waals surface area contributed by atoms with Crippen LogP contribution in [0.2, 0.25) is 57.9 Å². The Hall–Kier alpha value is 0.531. The van der Waals surface area contributed by atoms with Crippen molar-refractivity contribution in [3.63, 3.8) is 0 Å². The van der Waals surface area contributed by atoms with Crippen molar-refractivity contribution < 1.29 is 8.85 Å². The van der Waals surface area contributed by atoms with Crippen LogP contribution in [0, 0.1) is 0 Å². The number of rotatable bonds is 11. The molecule has 0 N–H and O–H groups in total. The van der Waals surface area contributed by atoms with E-state index in [4.69, 9.17) is 8.85 Å². The van der Waals surface area contributed by atoms with Crippen molar-refractivity contribution in [3.05, 3.63) is 0 Å². The molecular weight excluding hydrogens is 310 g/mol. The van der Waals surface area contributed by atoms with Gasteiger partial charge in [0.2, 0.25) is 0 Å². The van der Waals surface area contributed by atoms with E-state index in [2.05, 4.69) is 50.4 Å². The summed E-state index contributed by atoms with van der Waals surface area (Å²) in [6, 6.07) is 2.53. The van der Waals surface area contributed by atoms with Crippen molar-refractivity contribution in [1.82, 2.24) is 4.57 Å². The van der Waals surface area contributed by atoms with Crippen LogP contribution in [0.15, 0.2) is 0 Å². The Balaban J connectivity index is 4.30. The Bertz CT molecular complexity index is 269. The fourth-order valence-electron chi connectivity index (χ4n) is 2.38. The van der Waals surface area contributed by atoms with Crippen molar-refractivity contribution in [2.45, 2.75) is 70.8 Å². The topological polar surface area (TPSA) is 21.7 Å². The summed E-state index contributed by atoms with van der Waals surface area (Å²) in [7, 11) is -0.256. The van der Waals surface area contributed by atoms with Gasteiger partial charge in [-0.2, -0.15) is 0 Å². The predicted molar refractivity (Wildman–Crippen MR) is 103 cm³/mol. The van der Waals surface area contributed by atoms with Crippen LogP contribution in [0.25, 0.3) is 0 Å². The summed E-state index contributed by atoms with van der Waals surface area (Å²) in [5, 5.41) is 0. The zero-order valence-electron chi connectivity index (χ0n) is 16.0. The average Bonchev–Trinajstić information content (AvgIpc) is 2.35. The van der Waals surface area contributed by atoms with Crippen molar-refractivity contribution in [3.8, 4) is 0 Å². The monoisotopic (exact) mass is 349 g/mol. The predicted octanol–water partition coefficient (Wildman–Crippen LogP) is 4.61. The molecule has 0 unspecified atom stereocenters. The van der Waals surface area contributed by atoms with Crippen molar-refractivity contribution in [1.29, 1.82) is 0 Å². The average molecular weight is 350 g/mol. The molecule has 0 amide bonds. The zero-order valence-corrected chi connectivity index (χ0v) is 19.0. The molecule has 0 saturated carbocycles. The summed E-state index contributed by atoms with van der Waals surface area (Å²) in [5.41, 5.74) is 0. The van der Waals surface area contributed by atoms with Crippen LogP contribution in [0.1, 0.15) is 12.8 Å². The van der Waals surface area contributed by atoms with Gasteiger partial charge < -0.3 is 13.4 Å². The normalized spacial score (nSPS) is 14.0. The Morgan fingerprint density at radius 2 is 1.00 bits per heavy atom. The third-order valence-corrected chi connectivity index (χ3v) is 12.1. The van der Waals surface area contributed by atoms with Gasteiger partial charge in [-0.1, -0.05) is 19.6 Å². The molecule has 0 saturated heterocycles. The molecule has 0 aliphatic carbocycles. The van der Waals surface area contributed by atoms with Crippen LogP contribution in [0.4, 0.5) is 0 Å². The van der Waals surface area contributed by atoms with E-state index in [-0.39, 0.29) is 0 Å². The van der Waals surface area contributed by atoms with E-state index in [1.807, 2.05) is 14.2 Å². The van der Waals surface area contributed by atoms with Gasteiger partial charge in [-0.3, -0.25) is 0 Å². The molecule has 0 radical (unpaired) electrons. The SMILES string of the molecule is CO[Si](C)(C)CCCN(CCC[Si](C)(C)OC)[Si](C)(C)C. The fourth-order valence-corrected chi connectivity index (χ4v) is 6.46. The molecule has 0 aliphatic rings. The van der Waals surface area contributed by atoms with E-state index >= 15 is 0 Å². The maximum Gasteiger partial charge on any atom is 0.186 e. The lowest BCUT2D eigenvalue weighted by atomic mass is 10.4. The largest absolute Gasteiger partial charge is 0.420 e. The molecule has 3 nitrogen and oxygen atoms in total. The second kappa shape index (κ2) is 8.98. The van der Waals surface area contributed by atoms with E-state index in [0.29, 0.717) is 0 Å². The molecular formula is C15H39NO2Si3. The minimum Gasteiger partial charge on any atom is -0.420 e. The molecule has 128 valence electrons. The minimum absolute atomic E-state index is 1.22. The Morgan fingerprint density at radius 3 is 1.24 bits per heavy atom. The Labute approximate surface area is 136 Å². The van der Waals surface area contributed by atoms with Gasteiger partial charge in [0, 0.05) is 14.2 Å². The van der Waals surface area contributed by atoms with Crippen LogP contribution in [-0.4, -0.2) is 56.7 Å². The first-order valence-electron chi connectivity index (χ1n) is 8.29. The second-order valence-corrected chi connectivity index (χ2v) is 22.1. The van der Waals surface area contributed by atoms with Gasteiger partial charge in [0.05, 0.1) is 0 Å². The highest BCUT2D eigenvalue weighted by Crippen LogP contribution is 2.19. The molecule has 21 heavy (non-hydrogen) atoms. The highest BCUT2D eigenvalue weighted by molar-refractivity contribution is 6.73. The van der Waals surface area contributed by atoms with E-state index in [9.17, 15) is 0 Å². The quantitative estimate of drug-likeness (QED) is 0.509. The summed E-state index contributed by atoms with van der Waals surface area (Å²) in [6.07, 6.45) is 2.56. The molecule has 0 spiro atoms. The van der Waals surface area contributed by atoms with Crippen LogP contribution in [0.3, 0.4) is 0 Å². The summed E-state index contributed by atoms with van der Waals surface area (Å²) < 4.78 is 14.1. The van der Waals surface area contributed by atoms with Gasteiger partial charge in [-0.05, 0) is 64.2 Å². The summed E-state index contributed by atoms with van der Waals surface area (Å²) in [5.74, 6) is 0. The lowest BCUT2D eigenvalue weighted by molar-refractivity contribution is 0.379. The lowest BCUT2D eigenvalue weighted by Crippen LogP contribution is -2.47. The van der Waals surface area contributed by atoms with Crippen LogP contribution in [-0.2, 0) is 8.85 Å². The van der Waals surface area contributed by atoms with Crippen LogP contribution in [0.5, 0.6) is 0 Å². The zero-order chi connectivity index (χ0) is 16.7. The van der Waals surface area contributed by atoms with Gasteiger partial charge in [0.15, 0.2) is 16.6 Å². The van der Waals surface area contributed by atoms with E-state index in [1.165, 1.54) is 38.0 Å². The van der Waals surface area contributed by atoms with Crippen molar-refractivity contribution in [2.75, 3.05) is 27.3 Å². The molecule has 0 aromatic heterocycles. The molecule has 0 rings (SSSR count). The second-order valence-electron chi connectivity index (χ2n) is 8.29. The lowest BCUT2D eigenvalue weighted by Gasteiger charge is -2.35. The molecule has 0 aromatic carbocycles. The van der Waals surface area contributed by atoms with Gasteiger partial charge in [-0.15, -0.1) is 0 Å². The van der Waals surface area contributed by atoms with E-state index in [0.717, 1.165) is 0 Å². The summed E-state index contributed by atoms with van der Waals surface area (Å²) >= 11 is 0. The highest BCUT2D eigenvalue weighted by Gasteiger charge is 2.27. The van der Waals surface area contributed by atoms with Crippen molar-refractivity contribution in [2.24, 2.45) is 0 Å². The number of nitrogens with zero attached hydrogens (tertiary/aromatic N) is 1. The summed E-state index contributed by atoms with van der Waals surface area (Å²) in [4.78, 5) is 0.